The summed E-state index contributed by atoms with van der Waals surface area (Å²) >= 11 is 0. The average Bonchev–Trinajstić information content (AvgIpc) is 3.39. The molecule has 0 aliphatic rings. The molecule has 404 valence electrons. The summed E-state index contributed by atoms with van der Waals surface area (Å²) in [6, 6.07) is 0. The third-order valence-electron chi connectivity index (χ3n) is 10.9. The Bertz CT molecular complexity index is 1770. The summed E-state index contributed by atoms with van der Waals surface area (Å²) in [5, 5.41) is 0. The molecule has 0 spiro atoms. The third kappa shape index (κ3) is 57.3. The number of esters is 3. The predicted molar refractivity (Wildman–Crippen MR) is 315 cm³/mol. The first kappa shape index (κ1) is 67.5. The molecule has 0 radical (unpaired) electrons. The van der Waals surface area contributed by atoms with E-state index >= 15 is 0 Å². The summed E-state index contributed by atoms with van der Waals surface area (Å²) in [5.41, 5.74) is 0. The minimum atomic E-state index is -0.860. The van der Waals surface area contributed by atoms with Gasteiger partial charge in [0.25, 0.3) is 0 Å². The molecule has 0 heterocycles. The van der Waals surface area contributed by atoms with Gasteiger partial charge in [0.15, 0.2) is 6.10 Å². The first-order chi connectivity index (χ1) is 36.0. The van der Waals surface area contributed by atoms with Crippen LogP contribution in [0.4, 0.5) is 0 Å². The first-order valence-corrected chi connectivity index (χ1v) is 28.3. The van der Waals surface area contributed by atoms with E-state index in [1.807, 2.05) is 12.2 Å². The smallest absolute Gasteiger partial charge is 0.306 e. The molecule has 73 heavy (non-hydrogen) atoms. The quantitative estimate of drug-likeness (QED) is 0.0262. The Morgan fingerprint density at radius 2 is 0.575 bits per heavy atom. The van der Waals surface area contributed by atoms with Gasteiger partial charge in [-0.05, 0) is 141 Å². The lowest BCUT2D eigenvalue weighted by Crippen LogP contribution is -2.30. The maximum absolute atomic E-state index is 12.9. The summed E-state index contributed by atoms with van der Waals surface area (Å²) in [6.45, 7) is 6.21. The molecule has 0 aromatic carbocycles. The second kappa shape index (κ2) is 59.1. The van der Waals surface area contributed by atoms with Gasteiger partial charge in [-0.25, -0.2) is 0 Å². The van der Waals surface area contributed by atoms with Crippen molar-refractivity contribution < 1.29 is 28.6 Å². The molecule has 0 saturated heterocycles. The number of carbonyl (C=O) groups is 3. The van der Waals surface area contributed by atoms with Gasteiger partial charge in [0, 0.05) is 19.3 Å². The zero-order valence-corrected chi connectivity index (χ0v) is 46.1. The maximum Gasteiger partial charge on any atom is 0.306 e. The number of hydrogen-bond donors (Lipinski definition) is 0. The van der Waals surface area contributed by atoms with Crippen LogP contribution in [0.3, 0.4) is 0 Å². The lowest BCUT2D eigenvalue weighted by Gasteiger charge is -2.18. The second-order valence-electron chi connectivity index (χ2n) is 17.7. The van der Waals surface area contributed by atoms with Gasteiger partial charge in [0.2, 0.25) is 0 Å². The number of unbranched alkanes of at least 4 members (excludes halogenated alkanes) is 7. The van der Waals surface area contributed by atoms with Gasteiger partial charge in [0.1, 0.15) is 13.2 Å². The Kier molecular flexibility index (Phi) is 54.6. The van der Waals surface area contributed by atoms with Crippen LogP contribution < -0.4 is 0 Å². The van der Waals surface area contributed by atoms with Crippen LogP contribution in [0.15, 0.2) is 182 Å². The minimum absolute atomic E-state index is 0.154. The van der Waals surface area contributed by atoms with Crippen LogP contribution in [-0.2, 0) is 28.6 Å². The van der Waals surface area contributed by atoms with Gasteiger partial charge in [0.05, 0.1) is 0 Å². The third-order valence-corrected chi connectivity index (χ3v) is 10.9. The molecule has 0 unspecified atom stereocenters. The van der Waals surface area contributed by atoms with Gasteiger partial charge in [-0.2, -0.15) is 0 Å². The number of hydrogen-bond acceptors (Lipinski definition) is 6. The van der Waals surface area contributed by atoms with Gasteiger partial charge in [-0.15, -0.1) is 0 Å². The fourth-order valence-corrected chi connectivity index (χ4v) is 6.72. The van der Waals surface area contributed by atoms with Crippen molar-refractivity contribution in [2.24, 2.45) is 0 Å². The Labute approximate surface area is 446 Å². The lowest BCUT2D eigenvalue weighted by molar-refractivity contribution is -0.166. The van der Waals surface area contributed by atoms with Crippen LogP contribution in [0.2, 0.25) is 0 Å². The van der Waals surface area contributed by atoms with Crippen LogP contribution in [-0.4, -0.2) is 37.2 Å². The molecule has 0 aromatic heterocycles. The molecule has 6 heteroatoms. The van der Waals surface area contributed by atoms with Crippen molar-refractivity contribution in [2.45, 2.75) is 207 Å². The summed E-state index contributed by atoms with van der Waals surface area (Å²) in [6.07, 6.45) is 88.9. The Morgan fingerprint density at radius 1 is 0.288 bits per heavy atom. The van der Waals surface area contributed by atoms with Crippen LogP contribution in [0.5, 0.6) is 0 Å². The Hall–Kier alpha value is -5.49. The van der Waals surface area contributed by atoms with E-state index in [9.17, 15) is 14.4 Å². The summed E-state index contributed by atoms with van der Waals surface area (Å²) in [5.74, 6) is -1.14. The van der Waals surface area contributed by atoms with E-state index < -0.39 is 6.10 Å². The minimum Gasteiger partial charge on any atom is -0.462 e. The highest BCUT2D eigenvalue weighted by Crippen LogP contribution is 2.10. The van der Waals surface area contributed by atoms with Gasteiger partial charge < -0.3 is 14.2 Å². The maximum atomic E-state index is 12.9. The standard InChI is InChI=1S/C67H100O6/c1-4-7-10-13-16-19-22-25-28-31-33-36-39-42-45-48-51-54-57-60-66(69)72-63-64(62-71-65(68)59-56-53-50-47-44-41-38-35-30-27-24-21-18-15-12-9-6-3)73-67(70)61-58-55-52-49-46-43-40-37-34-32-29-26-23-20-17-14-11-8-5-2/h8-9,11-12,16-21,25-30,33-34,36-38,41-43,45-47,50-51,54,64H,4-7,10,13-15,22-24,31-32,35,39-40,44,48-49,52-53,55-63H2,1-3H3/b11-8-,12-9-,19-16-,20-17-,21-18-,28-25-,29-26-,30-27-,36-33-,37-34-,41-38-,45-42-,46-43-,50-47-,54-51-/t64-/m1/s1. The zero-order chi connectivity index (χ0) is 52.9. The molecular weight excluding hydrogens is 901 g/mol. The largest absolute Gasteiger partial charge is 0.462 e. The van der Waals surface area contributed by atoms with Crippen LogP contribution >= 0.6 is 0 Å². The van der Waals surface area contributed by atoms with Crippen LogP contribution in [0.1, 0.15) is 201 Å². The van der Waals surface area contributed by atoms with Crippen molar-refractivity contribution >= 4 is 17.9 Å². The molecule has 0 aliphatic heterocycles. The highest BCUT2D eigenvalue weighted by Gasteiger charge is 2.19. The summed E-state index contributed by atoms with van der Waals surface area (Å²) in [4.78, 5) is 38.1. The van der Waals surface area contributed by atoms with Gasteiger partial charge in [-0.3, -0.25) is 14.4 Å². The number of carbonyl (C=O) groups excluding carboxylic acids is 3. The molecule has 0 saturated carbocycles. The summed E-state index contributed by atoms with van der Waals surface area (Å²) in [7, 11) is 0. The lowest BCUT2D eigenvalue weighted by atomic mass is 10.1. The number of ether oxygens (including phenoxy) is 3. The second-order valence-corrected chi connectivity index (χ2v) is 17.7. The first-order valence-electron chi connectivity index (χ1n) is 28.3. The fourth-order valence-electron chi connectivity index (χ4n) is 6.72. The van der Waals surface area contributed by atoms with E-state index in [2.05, 4.69) is 191 Å². The van der Waals surface area contributed by atoms with E-state index in [0.29, 0.717) is 19.3 Å². The summed E-state index contributed by atoms with van der Waals surface area (Å²) < 4.78 is 16.7. The van der Waals surface area contributed by atoms with Crippen molar-refractivity contribution in [2.75, 3.05) is 13.2 Å². The van der Waals surface area contributed by atoms with Crippen LogP contribution in [0.25, 0.3) is 0 Å². The number of allylic oxidation sites excluding steroid dienone is 30. The fraction of sp³-hybridized carbons (Fsp3) is 0.507. The molecule has 6 nitrogen and oxygen atoms in total. The SMILES string of the molecule is CC/C=C\C/C=C\C/C=C\C/C=C\C/C=C\CCCCCC(=O)O[C@@H](COC(=O)CC/C=C\C/C=C\C/C=C\C/C=C\C/C=C\CCCCC)COC(=O)CCC/C=C\C/C=C\C/C=C\C/C=C\C/C=C\CC. The molecule has 0 aromatic rings. The predicted octanol–water partition coefficient (Wildman–Crippen LogP) is 19.3. The zero-order valence-electron chi connectivity index (χ0n) is 46.1. The molecule has 1 atom stereocenters. The van der Waals surface area contributed by atoms with Crippen molar-refractivity contribution in [3.05, 3.63) is 182 Å². The Balaban J connectivity index is 4.70. The Morgan fingerprint density at radius 3 is 0.932 bits per heavy atom. The number of rotatable bonds is 48. The van der Waals surface area contributed by atoms with Crippen molar-refractivity contribution in [3.63, 3.8) is 0 Å². The highest BCUT2D eigenvalue weighted by molar-refractivity contribution is 5.71. The van der Waals surface area contributed by atoms with Crippen molar-refractivity contribution in [1.29, 1.82) is 0 Å². The van der Waals surface area contributed by atoms with E-state index in [-0.39, 0.29) is 50.4 Å². The molecule has 0 amide bonds. The molecular formula is C67H100O6. The molecule has 0 aliphatic carbocycles. The van der Waals surface area contributed by atoms with Gasteiger partial charge >= 0.3 is 17.9 Å². The topological polar surface area (TPSA) is 78.9 Å². The molecule has 0 rings (SSSR count). The van der Waals surface area contributed by atoms with E-state index in [0.717, 1.165) is 116 Å². The molecule has 0 fully saturated rings. The van der Waals surface area contributed by atoms with Crippen molar-refractivity contribution in [3.8, 4) is 0 Å². The monoisotopic (exact) mass is 1000 g/mol. The van der Waals surface area contributed by atoms with E-state index in [1.54, 1.807) is 0 Å². The van der Waals surface area contributed by atoms with E-state index in [1.165, 1.54) is 25.7 Å². The molecule has 0 bridgehead atoms. The van der Waals surface area contributed by atoms with Crippen molar-refractivity contribution in [1.82, 2.24) is 0 Å². The van der Waals surface area contributed by atoms with Gasteiger partial charge in [-0.1, -0.05) is 222 Å². The normalized spacial score (nSPS) is 13.5. The molecule has 0 N–H and O–H groups in total. The van der Waals surface area contributed by atoms with E-state index in [4.69, 9.17) is 14.2 Å². The highest BCUT2D eigenvalue weighted by atomic mass is 16.6. The average molecular weight is 1000 g/mol. The van der Waals surface area contributed by atoms with Crippen LogP contribution in [0, 0.1) is 0 Å².